The fraction of sp³-hybridized carbons (Fsp3) is 0.375. The summed E-state index contributed by atoms with van der Waals surface area (Å²) < 4.78 is 0. The van der Waals surface area contributed by atoms with E-state index in [9.17, 15) is 4.79 Å². The number of hydrogen-bond acceptors (Lipinski definition) is 3. The van der Waals surface area contributed by atoms with Crippen molar-refractivity contribution in [3.8, 4) is 0 Å². The highest BCUT2D eigenvalue weighted by Gasteiger charge is 2.19. The number of rotatable bonds is 4. The van der Waals surface area contributed by atoms with Crippen molar-refractivity contribution in [3.05, 3.63) is 52.6 Å². The molecule has 1 aromatic carbocycles. The lowest BCUT2D eigenvalue weighted by atomic mass is 10.1. The van der Waals surface area contributed by atoms with Gasteiger partial charge in [-0.2, -0.15) is 0 Å². The van der Waals surface area contributed by atoms with Gasteiger partial charge in [-0.05, 0) is 30.9 Å². The van der Waals surface area contributed by atoms with Crippen LogP contribution in [0.4, 0.5) is 0 Å². The Morgan fingerprint density at radius 2 is 2.14 bits per heavy atom. The van der Waals surface area contributed by atoms with Crippen LogP contribution in [0.5, 0.6) is 0 Å². The number of nitrogens with one attached hydrogen (secondary N) is 2. The molecular weight excluding hydrogens is 282 g/mol. The fourth-order valence-electron chi connectivity index (χ4n) is 2.48. The normalized spacial score (nSPS) is 14.4. The molecule has 2 aromatic rings. The van der Waals surface area contributed by atoms with E-state index in [4.69, 9.17) is 0 Å². The van der Waals surface area contributed by atoms with Gasteiger partial charge in [-0.3, -0.25) is 4.79 Å². The smallest absolute Gasteiger partial charge is 0.271 e. The fourth-order valence-corrected chi connectivity index (χ4v) is 3.46. The highest BCUT2D eigenvalue weighted by molar-refractivity contribution is 7.97. The number of nitrogens with zero attached hydrogens (tertiary/aromatic N) is 1. The predicted molar refractivity (Wildman–Crippen MR) is 85.4 cm³/mol. The van der Waals surface area contributed by atoms with Gasteiger partial charge in [0.1, 0.15) is 11.5 Å². The van der Waals surface area contributed by atoms with Crippen LogP contribution in [0.2, 0.25) is 0 Å². The number of carbonyl (C=O) groups is 1. The van der Waals surface area contributed by atoms with Gasteiger partial charge in [0, 0.05) is 18.0 Å². The number of fused-ring (bicyclic) bond motifs is 1. The lowest BCUT2D eigenvalue weighted by Crippen LogP contribution is -2.23. The summed E-state index contributed by atoms with van der Waals surface area (Å²) in [5.41, 5.74) is 4.24. The summed E-state index contributed by atoms with van der Waals surface area (Å²) in [6, 6.07) is 8.43. The second kappa shape index (κ2) is 6.35. The van der Waals surface area contributed by atoms with E-state index in [2.05, 4.69) is 46.5 Å². The minimum absolute atomic E-state index is 0.0473. The summed E-state index contributed by atoms with van der Waals surface area (Å²) in [6.07, 6.45) is 1.86. The van der Waals surface area contributed by atoms with Crippen LogP contribution < -0.4 is 5.32 Å². The maximum absolute atomic E-state index is 11.9. The topological polar surface area (TPSA) is 57.8 Å². The van der Waals surface area contributed by atoms with Crippen LogP contribution in [-0.2, 0) is 17.9 Å². The van der Waals surface area contributed by atoms with Crippen LogP contribution >= 0.6 is 11.8 Å². The quantitative estimate of drug-likeness (QED) is 0.913. The van der Waals surface area contributed by atoms with Crippen LogP contribution in [0.3, 0.4) is 0 Å². The summed E-state index contributed by atoms with van der Waals surface area (Å²) in [4.78, 5) is 19.6. The molecular formula is C16H19N3OS. The summed E-state index contributed by atoms with van der Waals surface area (Å²) in [7, 11) is 0. The third kappa shape index (κ3) is 3.29. The highest BCUT2D eigenvalue weighted by atomic mass is 32.2. The first-order valence-electron chi connectivity index (χ1n) is 7.22. The van der Waals surface area contributed by atoms with Crippen molar-refractivity contribution in [2.45, 2.75) is 31.3 Å². The van der Waals surface area contributed by atoms with Gasteiger partial charge < -0.3 is 10.3 Å². The molecule has 21 heavy (non-hydrogen) atoms. The maximum atomic E-state index is 11.9. The van der Waals surface area contributed by atoms with Crippen molar-refractivity contribution in [2.75, 3.05) is 6.54 Å². The first-order chi connectivity index (χ1) is 10.2. The van der Waals surface area contributed by atoms with Crippen molar-refractivity contribution in [2.24, 2.45) is 0 Å². The molecule has 5 heteroatoms. The molecule has 0 atom stereocenters. The van der Waals surface area contributed by atoms with Crippen molar-refractivity contribution < 1.29 is 4.79 Å². The van der Waals surface area contributed by atoms with Gasteiger partial charge in [0.05, 0.1) is 5.75 Å². The Bertz CT molecular complexity index is 651. The van der Waals surface area contributed by atoms with Crippen LogP contribution in [-0.4, -0.2) is 22.4 Å². The zero-order chi connectivity index (χ0) is 14.7. The van der Waals surface area contributed by atoms with Crippen LogP contribution in [0.1, 0.15) is 39.6 Å². The van der Waals surface area contributed by atoms with Crippen molar-refractivity contribution in [3.63, 3.8) is 0 Å². The molecule has 0 unspecified atom stereocenters. The van der Waals surface area contributed by atoms with Crippen molar-refractivity contribution in [1.82, 2.24) is 15.3 Å². The van der Waals surface area contributed by atoms with E-state index in [0.717, 1.165) is 42.4 Å². The molecule has 0 bridgehead atoms. The Morgan fingerprint density at radius 1 is 1.29 bits per heavy atom. The Balaban J connectivity index is 1.63. The number of hydrogen-bond donors (Lipinski definition) is 2. The van der Waals surface area contributed by atoms with E-state index in [0.29, 0.717) is 5.69 Å². The number of imidazole rings is 1. The van der Waals surface area contributed by atoms with Crippen molar-refractivity contribution >= 4 is 17.7 Å². The number of aromatic nitrogens is 2. The van der Waals surface area contributed by atoms with Gasteiger partial charge in [-0.15, -0.1) is 11.8 Å². The zero-order valence-electron chi connectivity index (χ0n) is 12.1. The average molecular weight is 301 g/mol. The third-order valence-corrected chi connectivity index (χ3v) is 4.68. The van der Waals surface area contributed by atoms with Gasteiger partial charge in [0.25, 0.3) is 5.91 Å². The number of carbonyl (C=O) groups excluding carboxylic acids is 1. The molecule has 0 aliphatic carbocycles. The van der Waals surface area contributed by atoms with Gasteiger partial charge in [-0.25, -0.2) is 4.98 Å². The molecule has 4 nitrogen and oxygen atoms in total. The van der Waals surface area contributed by atoms with Gasteiger partial charge in [0.2, 0.25) is 0 Å². The Hall–Kier alpha value is -1.75. The van der Waals surface area contributed by atoms with E-state index in [1.54, 1.807) is 0 Å². The van der Waals surface area contributed by atoms with Crippen LogP contribution in [0.15, 0.2) is 24.3 Å². The summed E-state index contributed by atoms with van der Waals surface area (Å²) >= 11 is 1.82. The monoisotopic (exact) mass is 301 g/mol. The molecule has 0 saturated heterocycles. The van der Waals surface area contributed by atoms with Gasteiger partial charge in [-0.1, -0.05) is 24.3 Å². The predicted octanol–water partition coefficient (Wildman–Crippen LogP) is 2.83. The van der Waals surface area contributed by atoms with Crippen molar-refractivity contribution in [1.29, 1.82) is 0 Å². The van der Waals surface area contributed by atoms with Crippen LogP contribution in [0, 0.1) is 6.92 Å². The Labute approximate surface area is 128 Å². The molecule has 1 aliphatic rings. The van der Waals surface area contributed by atoms with E-state index < -0.39 is 0 Å². The minimum atomic E-state index is -0.0473. The second-order valence-corrected chi connectivity index (χ2v) is 6.27. The largest absolute Gasteiger partial charge is 0.351 e. The molecule has 0 saturated carbocycles. The van der Waals surface area contributed by atoms with E-state index in [1.807, 2.05) is 11.8 Å². The lowest BCUT2D eigenvalue weighted by molar-refractivity contribution is 0.0951. The first-order valence-corrected chi connectivity index (χ1v) is 8.37. The Kier molecular flexibility index (Phi) is 4.29. The molecule has 0 fully saturated rings. The number of aromatic amines is 1. The molecule has 0 radical (unpaired) electrons. The van der Waals surface area contributed by atoms with E-state index in [-0.39, 0.29) is 5.91 Å². The van der Waals surface area contributed by atoms with E-state index >= 15 is 0 Å². The number of H-pyrrole nitrogens is 1. The summed E-state index contributed by atoms with van der Waals surface area (Å²) in [5, 5.41) is 2.88. The molecule has 1 aromatic heterocycles. The molecule has 1 aliphatic heterocycles. The van der Waals surface area contributed by atoms with Gasteiger partial charge >= 0.3 is 0 Å². The molecule has 0 spiro atoms. The SMILES string of the molecule is Cc1ccccc1CSCc1nc2c([nH]1)CCCNC2=O. The average Bonchev–Trinajstić information content (AvgIpc) is 2.81. The van der Waals surface area contributed by atoms with E-state index in [1.165, 1.54) is 11.1 Å². The zero-order valence-corrected chi connectivity index (χ0v) is 12.9. The van der Waals surface area contributed by atoms with Crippen LogP contribution in [0.25, 0.3) is 0 Å². The second-order valence-electron chi connectivity index (χ2n) is 5.29. The number of amides is 1. The molecule has 2 N–H and O–H groups in total. The standard InChI is InChI=1S/C16H19N3OS/c1-11-5-2-3-6-12(11)9-21-10-14-18-13-7-4-8-17-16(20)15(13)19-14/h2-3,5-6H,4,7-10H2,1H3,(H,17,20)(H,18,19). The third-order valence-electron chi connectivity index (χ3n) is 3.69. The molecule has 110 valence electrons. The minimum Gasteiger partial charge on any atom is -0.351 e. The number of thioether (sulfide) groups is 1. The summed E-state index contributed by atoms with van der Waals surface area (Å²) in [6.45, 7) is 2.87. The Morgan fingerprint density at radius 3 is 3.00 bits per heavy atom. The van der Waals surface area contributed by atoms with Gasteiger partial charge in [0.15, 0.2) is 0 Å². The molecule has 3 rings (SSSR count). The highest BCUT2D eigenvalue weighted by Crippen LogP contribution is 2.20. The number of aryl methyl sites for hydroxylation is 2. The maximum Gasteiger partial charge on any atom is 0.271 e. The molecule has 2 heterocycles. The molecule has 1 amide bonds. The first kappa shape index (κ1) is 14.2. The number of benzene rings is 1. The summed E-state index contributed by atoms with van der Waals surface area (Å²) in [5.74, 6) is 2.61. The lowest BCUT2D eigenvalue weighted by Gasteiger charge is -2.04.